The minimum atomic E-state index is -0.303. The van der Waals surface area contributed by atoms with Gasteiger partial charge in [0.2, 0.25) is 11.8 Å². The molecule has 2 heterocycles. The number of hydrogen-bond acceptors (Lipinski definition) is 4. The van der Waals surface area contributed by atoms with E-state index in [0.717, 1.165) is 24.9 Å². The summed E-state index contributed by atoms with van der Waals surface area (Å²) in [6, 6.07) is 9.84. The minimum Gasteiger partial charge on any atom is -0.348 e. The van der Waals surface area contributed by atoms with Crippen molar-refractivity contribution in [2.45, 2.75) is 44.6 Å². The highest BCUT2D eigenvalue weighted by Crippen LogP contribution is 2.25. The van der Waals surface area contributed by atoms with Crippen molar-refractivity contribution >= 4 is 11.8 Å². The van der Waals surface area contributed by atoms with Crippen molar-refractivity contribution in [2.24, 2.45) is 0 Å². The lowest BCUT2D eigenvalue weighted by atomic mass is 10.2. The molecule has 0 N–H and O–H groups in total. The first-order valence-electron chi connectivity index (χ1n) is 8.96. The van der Waals surface area contributed by atoms with Crippen molar-refractivity contribution in [3.8, 4) is 0 Å². The third-order valence-corrected chi connectivity index (χ3v) is 4.82. The molecule has 1 aromatic rings. The van der Waals surface area contributed by atoms with E-state index < -0.39 is 0 Å². The number of carbonyl (C=O) groups excluding carboxylic acids is 2. The Morgan fingerprint density at radius 2 is 1.88 bits per heavy atom. The zero-order valence-electron chi connectivity index (χ0n) is 14.7. The van der Waals surface area contributed by atoms with Crippen LogP contribution in [-0.2, 0) is 25.6 Å². The lowest BCUT2D eigenvalue weighted by molar-refractivity contribution is -0.144. The van der Waals surface area contributed by atoms with Gasteiger partial charge in [0.25, 0.3) is 0 Å². The van der Waals surface area contributed by atoms with E-state index in [0.29, 0.717) is 19.8 Å². The first kappa shape index (κ1) is 17.9. The molecule has 3 rings (SSSR count). The number of amides is 2. The normalized spacial score (nSPS) is 20.8. The Labute approximate surface area is 148 Å². The van der Waals surface area contributed by atoms with E-state index in [-0.39, 0.29) is 37.0 Å². The number of hydrogen-bond donors (Lipinski definition) is 0. The summed E-state index contributed by atoms with van der Waals surface area (Å²) in [5.41, 5.74) is 1.08. The molecular weight excluding hydrogens is 320 g/mol. The Balaban J connectivity index is 1.47. The maximum absolute atomic E-state index is 12.5. The molecule has 6 nitrogen and oxygen atoms in total. The predicted molar refractivity (Wildman–Crippen MR) is 92.6 cm³/mol. The van der Waals surface area contributed by atoms with Gasteiger partial charge in [-0.15, -0.1) is 0 Å². The molecule has 2 aliphatic rings. The maximum atomic E-state index is 12.5. The zero-order valence-corrected chi connectivity index (χ0v) is 14.7. The van der Waals surface area contributed by atoms with E-state index in [2.05, 4.69) is 0 Å². The maximum Gasteiger partial charge on any atom is 0.223 e. The third kappa shape index (κ3) is 4.58. The van der Waals surface area contributed by atoms with E-state index in [1.807, 2.05) is 35.2 Å². The molecule has 1 aromatic carbocycles. The van der Waals surface area contributed by atoms with Crippen LogP contribution in [0.5, 0.6) is 0 Å². The molecule has 2 saturated heterocycles. The van der Waals surface area contributed by atoms with Gasteiger partial charge >= 0.3 is 0 Å². The van der Waals surface area contributed by atoms with Crippen LogP contribution < -0.4 is 0 Å². The molecule has 0 aromatic heterocycles. The molecule has 0 radical (unpaired) electrons. The van der Waals surface area contributed by atoms with Gasteiger partial charge < -0.3 is 19.3 Å². The fraction of sp³-hybridized carbons (Fsp3) is 0.579. The average Bonchev–Trinajstić information content (AvgIpc) is 3.30. The predicted octanol–water partition coefficient (Wildman–Crippen LogP) is 1.79. The Bertz CT molecular complexity index is 586. The highest BCUT2D eigenvalue weighted by Gasteiger charge is 2.37. The van der Waals surface area contributed by atoms with Gasteiger partial charge in [-0.1, -0.05) is 30.3 Å². The summed E-state index contributed by atoms with van der Waals surface area (Å²) in [5, 5.41) is 0. The number of likely N-dealkylation sites (tertiary alicyclic amines) is 1. The van der Waals surface area contributed by atoms with Crippen molar-refractivity contribution < 1.29 is 19.1 Å². The van der Waals surface area contributed by atoms with Crippen LogP contribution in [0.15, 0.2) is 30.3 Å². The van der Waals surface area contributed by atoms with Gasteiger partial charge in [-0.3, -0.25) is 9.59 Å². The van der Waals surface area contributed by atoms with Crippen molar-refractivity contribution in [3.05, 3.63) is 35.9 Å². The standard InChI is InChI=1S/C19H26N2O4/c1-20(14-15-6-3-2-4-7-15)17(22)9-10-18(23)21-11-5-8-16(21)19-24-12-13-25-19/h2-4,6-7,16,19H,5,8-14H2,1H3/t16-/m0/s1. The van der Waals surface area contributed by atoms with E-state index >= 15 is 0 Å². The number of carbonyl (C=O) groups is 2. The minimum absolute atomic E-state index is 0.00727. The van der Waals surface area contributed by atoms with Gasteiger partial charge in [-0.2, -0.15) is 0 Å². The second kappa shape index (κ2) is 8.45. The molecule has 0 bridgehead atoms. The number of ether oxygens (including phenoxy) is 2. The summed E-state index contributed by atoms with van der Waals surface area (Å²) in [4.78, 5) is 28.4. The van der Waals surface area contributed by atoms with Crippen LogP contribution in [0.2, 0.25) is 0 Å². The molecule has 0 aliphatic carbocycles. The zero-order chi connectivity index (χ0) is 17.6. The van der Waals surface area contributed by atoms with Crippen LogP contribution in [-0.4, -0.2) is 60.8 Å². The van der Waals surface area contributed by atoms with Gasteiger partial charge in [-0.25, -0.2) is 0 Å². The van der Waals surface area contributed by atoms with Crippen LogP contribution in [0.3, 0.4) is 0 Å². The molecule has 2 aliphatic heterocycles. The first-order chi connectivity index (χ1) is 12.1. The molecule has 0 spiro atoms. The molecule has 0 unspecified atom stereocenters. The van der Waals surface area contributed by atoms with E-state index in [1.165, 1.54) is 0 Å². The van der Waals surface area contributed by atoms with E-state index in [4.69, 9.17) is 9.47 Å². The van der Waals surface area contributed by atoms with Crippen LogP contribution in [0, 0.1) is 0 Å². The van der Waals surface area contributed by atoms with Crippen LogP contribution >= 0.6 is 0 Å². The van der Waals surface area contributed by atoms with Crippen molar-refractivity contribution in [3.63, 3.8) is 0 Å². The Morgan fingerprint density at radius 1 is 1.16 bits per heavy atom. The second-order valence-electron chi connectivity index (χ2n) is 6.64. The number of benzene rings is 1. The van der Waals surface area contributed by atoms with Crippen LogP contribution in [0.1, 0.15) is 31.2 Å². The van der Waals surface area contributed by atoms with E-state index in [9.17, 15) is 9.59 Å². The molecule has 25 heavy (non-hydrogen) atoms. The Kier molecular flexibility index (Phi) is 6.04. The van der Waals surface area contributed by atoms with Crippen LogP contribution in [0.25, 0.3) is 0 Å². The van der Waals surface area contributed by atoms with Crippen LogP contribution in [0.4, 0.5) is 0 Å². The third-order valence-electron chi connectivity index (χ3n) is 4.82. The fourth-order valence-electron chi connectivity index (χ4n) is 3.48. The highest BCUT2D eigenvalue weighted by molar-refractivity contribution is 5.84. The van der Waals surface area contributed by atoms with Gasteiger partial charge in [0.05, 0.1) is 19.3 Å². The molecule has 0 saturated carbocycles. The summed E-state index contributed by atoms with van der Waals surface area (Å²) in [6.45, 7) is 2.46. The quantitative estimate of drug-likeness (QED) is 0.788. The second-order valence-corrected chi connectivity index (χ2v) is 6.64. The summed E-state index contributed by atoms with van der Waals surface area (Å²) in [5.74, 6) is 0.00405. The van der Waals surface area contributed by atoms with Crippen molar-refractivity contribution in [2.75, 3.05) is 26.8 Å². The van der Waals surface area contributed by atoms with Crippen molar-refractivity contribution in [1.29, 1.82) is 0 Å². The molecule has 1 atom stereocenters. The summed E-state index contributed by atoms with van der Waals surface area (Å²) in [7, 11) is 1.78. The van der Waals surface area contributed by atoms with Crippen molar-refractivity contribution in [1.82, 2.24) is 9.80 Å². The molecular formula is C19H26N2O4. The van der Waals surface area contributed by atoms with Gasteiger partial charge in [0.1, 0.15) is 0 Å². The largest absolute Gasteiger partial charge is 0.348 e. The van der Waals surface area contributed by atoms with E-state index in [1.54, 1.807) is 11.9 Å². The molecule has 2 fully saturated rings. The molecule has 2 amide bonds. The smallest absolute Gasteiger partial charge is 0.223 e. The summed E-state index contributed by atoms with van der Waals surface area (Å²) >= 11 is 0. The highest BCUT2D eigenvalue weighted by atomic mass is 16.7. The lowest BCUT2D eigenvalue weighted by Crippen LogP contribution is -2.43. The lowest BCUT2D eigenvalue weighted by Gasteiger charge is -2.28. The average molecular weight is 346 g/mol. The Hall–Kier alpha value is -1.92. The monoisotopic (exact) mass is 346 g/mol. The van der Waals surface area contributed by atoms with Gasteiger partial charge in [0, 0.05) is 33.0 Å². The summed E-state index contributed by atoms with van der Waals surface area (Å²) in [6.07, 6.45) is 2.03. The summed E-state index contributed by atoms with van der Waals surface area (Å²) < 4.78 is 11.1. The first-order valence-corrected chi connectivity index (χ1v) is 8.96. The topological polar surface area (TPSA) is 59.1 Å². The SMILES string of the molecule is CN(Cc1ccccc1)C(=O)CCC(=O)N1CCC[C@H]1C1OCCO1. The van der Waals surface area contributed by atoms with Gasteiger partial charge in [0.15, 0.2) is 6.29 Å². The Morgan fingerprint density at radius 3 is 2.60 bits per heavy atom. The fourth-order valence-corrected chi connectivity index (χ4v) is 3.48. The van der Waals surface area contributed by atoms with Gasteiger partial charge in [-0.05, 0) is 18.4 Å². The molecule has 136 valence electrons. The number of nitrogens with zero attached hydrogens (tertiary/aromatic N) is 2. The number of rotatable bonds is 6. The molecule has 6 heteroatoms.